The van der Waals surface area contributed by atoms with Gasteiger partial charge in [0.05, 0.1) is 17.6 Å². The summed E-state index contributed by atoms with van der Waals surface area (Å²) in [5.41, 5.74) is 2.33. The number of ether oxygens (including phenoxy) is 1. The van der Waals surface area contributed by atoms with Crippen LogP contribution in [0.3, 0.4) is 0 Å². The fourth-order valence-electron chi connectivity index (χ4n) is 3.69. The van der Waals surface area contributed by atoms with Crippen LogP contribution in [0.1, 0.15) is 46.6 Å². The average Bonchev–Trinajstić information content (AvgIpc) is 3.23. The number of benzene rings is 1. The largest absolute Gasteiger partial charge is 0.388 e. The molecular formula is C19H24N6O3. The molecule has 0 unspecified atom stereocenters. The highest BCUT2D eigenvalue weighted by Gasteiger charge is 2.35. The Morgan fingerprint density at radius 3 is 2.96 bits per heavy atom. The molecule has 0 radical (unpaired) electrons. The minimum atomic E-state index is -0.154. The molecule has 28 heavy (non-hydrogen) atoms. The van der Waals surface area contributed by atoms with Crippen molar-refractivity contribution < 1.29 is 14.6 Å². The van der Waals surface area contributed by atoms with Crippen molar-refractivity contribution in [2.45, 2.75) is 44.9 Å². The van der Waals surface area contributed by atoms with Gasteiger partial charge in [-0.3, -0.25) is 4.79 Å². The van der Waals surface area contributed by atoms with Gasteiger partial charge in [0.2, 0.25) is 0 Å². The molecule has 1 fully saturated rings. The summed E-state index contributed by atoms with van der Waals surface area (Å²) in [5, 5.41) is 20.8. The number of methoxy groups -OCH3 is 1. The van der Waals surface area contributed by atoms with E-state index in [0.29, 0.717) is 24.5 Å². The number of hydrogen-bond donors (Lipinski definition) is 3. The number of nitrogens with zero attached hydrogens (tertiary/aromatic N) is 4. The lowest BCUT2D eigenvalue weighted by atomic mass is 9.79. The number of H-pyrrole nitrogens is 1. The third-order valence-corrected chi connectivity index (χ3v) is 5.22. The minimum Gasteiger partial charge on any atom is -0.388 e. The van der Waals surface area contributed by atoms with Gasteiger partial charge in [0.25, 0.3) is 5.91 Å². The van der Waals surface area contributed by atoms with Crippen molar-refractivity contribution in [1.29, 1.82) is 0 Å². The highest BCUT2D eigenvalue weighted by Crippen LogP contribution is 2.36. The first kappa shape index (κ1) is 18.6. The number of aryl methyl sites for hydroxylation is 1. The SMILES string of the molecule is COCCn1c(CO)nnc1C1CC(NC(=O)c2ccc3nc(C)[nH]c3c2)C1. The molecule has 4 rings (SSSR count). The Bertz CT molecular complexity index is 989. The van der Waals surface area contributed by atoms with Crippen LogP contribution in [0.4, 0.5) is 0 Å². The van der Waals surface area contributed by atoms with Crippen LogP contribution in [0.5, 0.6) is 0 Å². The topological polar surface area (TPSA) is 118 Å². The summed E-state index contributed by atoms with van der Waals surface area (Å²) in [6.07, 6.45) is 1.60. The molecule has 0 spiro atoms. The van der Waals surface area contributed by atoms with Crippen LogP contribution < -0.4 is 5.32 Å². The van der Waals surface area contributed by atoms with Gasteiger partial charge in [-0.2, -0.15) is 0 Å². The normalized spacial score (nSPS) is 19.0. The molecule has 9 heteroatoms. The summed E-state index contributed by atoms with van der Waals surface area (Å²) in [6.45, 7) is 2.87. The number of fused-ring (bicyclic) bond motifs is 1. The van der Waals surface area contributed by atoms with Crippen molar-refractivity contribution >= 4 is 16.9 Å². The molecule has 1 aromatic carbocycles. The summed E-state index contributed by atoms with van der Waals surface area (Å²) in [4.78, 5) is 20.1. The van der Waals surface area contributed by atoms with Gasteiger partial charge in [0.15, 0.2) is 5.82 Å². The third-order valence-electron chi connectivity index (χ3n) is 5.22. The Hall–Kier alpha value is -2.78. The predicted octanol–water partition coefficient (Wildman–Crippen LogP) is 1.28. The molecule has 0 aliphatic heterocycles. The lowest BCUT2D eigenvalue weighted by molar-refractivity contribution is 0.0906. The van der Waals surface area contributed by atoms with E-state index in [9.17, 15) is 9.90 Å². The number of aliphatic hydroxyl groups excluding tert-OH is 1. The quantitative estimate of drug-likeness (QED) is 0.565. The second-order valence-electron chi connectivity index (χ2n) is 7.17. The van der Waals surface area contributed by atoms with Crippen molar-refractivity contribution in [2.75, 3.05) is 13.7 Å². The monoisotopic (exact) mass is 384 g/mol. The van der Waals surface area contributed by atoms with Crippen LogP contribution in [0, 0.1) is 6.92 Å². The van der Waals surface area contributed by atoms with Crippen LogP contribution in [-0.2, 0) is 17.9 Å². The number of carbonyl (C=O) groups is 1. The van der Waals surface area contributed by atoms with Gasteiger partial charge >= 0.3 is 0 Å². The number of imidazole rings is 1. The number of amides is 1. The summed E-state index contributed by atoms with van der Waals surface area (Å²) in [6, 6.07) is 5.58. The fraction of sp³-hybridized carbons (Fsp3) is 0.474. The Labute approximate surface area is 162 Å². The van der Waals surface area contributed by atoms with Crippen LogP contribution >= 0.6 is 0 Å². The van der Waals surface area contributed by atoms with Crippen LogP contribution in [-0.4, -0.2) is 55.5 Å². The summed E-state index contributed by atoms with van der Waals surface area (Å²) in [5.74, 6) is 2.35. The Kier molecular flexibility index (Phi) is 5.10. The molecular weight excluding hydrogens is 360 g/mol. The standard InChI is InChI=1S/C19H24N6O3/c1-11-20-15-4-3-12(9-16(15)21-11)19(27)22-14-7-13(8-14)18-24-23-17(10-26)25(18)5-6-28-2/h3-4,9,13-14,26H,5-8,10H2,1-2H3,(H,20,21)(H,22,27). The van der Waals surface area contributed by atoms with E-state index in [4.69, 9.17) is 4.74 Å². The maximum Gasteiger partial charge on any atom is 0.251 e. The first-order valence-electron chi connectivity index (χ1n) is 9.38. The zero-order valence-corrected chi connectivity index (χ0v) is 16.0. The van der Waals surface area contributed by atoms with E-state index in [1.54, 1.807) is 13.2 Å². The van der Waals surface area contributed by atoms with E-state index in [1.807, 2.05) is 23.6 Å². The number of hydrogen-bond acceptors (Lipinski definition) is 6. The molecule has 2 heterocycles. The van der Waals surface area contributed by atoms with Gasteiger partial charge in [0, 0.05) is 31.2 Å². The number of rotatable bonds is 7. The fourth-order valence-corrected chi connectivity index (χ4v) is 3.69. The summed E-state index contributed by atoms with van der Waals surface area (Å²) >= 11 is 0. The summed E-state index contributed by atoms with van der Waals surface area (Å²) in [7, 11) is 1.64. The maximum absolute atomic E-state index is 12.6. The number of aromatic amines is 1. The van der Waals surface area contributed by atoms with Gasteiger partial charge in [-0.25, -0.2) is 4.98 Å². The Morgan fingerprint density at radius 2 is 2.21 bits per heavy atom. The Balaban J connectivity index is 1.38. The first-order chi connectivity index (χ1) is 13.6. The van der Waals surface area contributed by atoms with Gasteiger partial charge in [-0.15, -0.1) is 10.2 Å². The maximum atomic E-state index is 12.6. The summed E-state index contributed by atoms with van der Waals surface area (Å²) < 4.78 is 7.05. The zero-order chi connectivity index (χ0) is 19.7. The molecule has 2 aromatic heterocycles. The molecule has 9 nitrogen and oxygen atoms in total. The average molecular weight is 384 g/mol. The molecule has 3 aromatic rings. The van der Waals surface area contributed by atoms with E-state index in [0.717, 1.165) is 35.5 Å². The van der Waals surface area contributed by atoms with Crippen LogP contribution in [0.2, 0.25) is 0 Å². The molecule has 0 saturated heterocycles. The van der Waals surface area contributed by atoms with E-state index in [1.165, 1.54) is 0 Å². The molecule has 1 aliphatic carbocycles. The lowest BCUT2D eigenvalue weighted by Crippen LogP contribution is -2.44. The minimum absolute atomic E-state index is 0.0884. The van der Waals surface area contributed by atoms with Crippen molar-refractivity contribution in [2.24, 2.45) is 0 Å². The number of carbonyl (C=O) groups excluding carboxylic acids is 1. The molecule has 1 aliphatic rings. The number of nitrogens with one attached hydrogen (secondary N) is 2. The number of aliphatic hydroxyl groups is 1. The molecule has 1 amide bonds. The van der Waals surface area contributed by atoms with Crippen molar-refractivity contribution in [3.05, 3.63) is 41.2 Å². The third kappa shape index (κ3) is 3.50. The molecule has 3 N–H and O–H groups in total. The zero-order valence-electron chi connectivity index (χ0n) is 16.0. The van der Waals surface area contributed by atoms with Gasteiger partial charge in [0.1, 0.15) is 18.3 Å². The van der Waals surface area contributed by atoms with E-state index in [-0.39, 0.29) is 24.5 Å². The van der Waals surface area contributed by atoms with E-state index in [2.05, 4.69) is 25.5 Å². The van der Waals surface area contributed by atoms with E-state index >= 15 is 0 Å². The van der Waals surface area contributed by atoms with Gasteiger partial charge in [-0.1, -0.05) is 0 Å². The number of aromatic nitrogens is 5. The van der Waals surface area contributed by atoms with Crippen molar-refractivity contribution in [3.63, 3.8) is 0 Å². The Morgan fingerprint density at radius 1 is 1.39 bits per heavy atom. The highest BCUT2D eigenvalue weighted by molar-refractivity contribution is 5.97. The van der Waals surface area contributed by atoms with Gasteiger partial charge in [-0.05, 0) is 38.0 Å². The highest BCUT2D eigenvalue weighted by atomic mass is 16.5. The molecule has 148 valence electrons. The molecule has 0 bridgehead atoms. The molecule has 0 atom stereocenters. The second-order valence-corrected chi connectivity index (χ2v) is 7.17. The van der Waals surface area contributed by atoms with E-state index < -0.39 is 0 Å². The lowest BCUT2D eigenvalue weighted by Gasteiger charge is -2.35. The van der Waals surface area contributed by atoms with Crippen molar-refractivity contribution in [3.8, 4) is 0 Å². The second kappa shape index (κ2) is 7.69. The van der Waals surface area contributed by atoms with Crippen LogP contribution in [0.15, 0.2) is 18.2 Å². The van der Waals surface area contributed by atoms with Gasteiger partial charge < -0.3 is 24.7 Å². The first-order valence-corrected chi connectivity index (χ1v) is 9.38. The van der Waals surface area contributed by atoms with Crippen molar-refractivity contribution in [1.82, 2.24) is 30.0 Å². The predicted molar refractivity (Wildman–Crippen MR) is 102 cm³/mol. The van der Waals surface area contributed by atoms with Crippen LogP contribution in [0.25, 0.3) is 11.0 Å². The molecule has 1 saturated carbocycles. The smallest absolute Gasteiger partial charge is 0.251 e.